The highest BCUT2D eigenvalue weighted by Crippen LogP contribution is 2.27. The first-order valence-electron chi connectivity index (χ1n) is 8.39. The maximum Gasteiger partial charge on any atom is 0.251 e. The van der Waals surface area contributed by atoms with E-state index < -0.39 is 10.0 Å². The number of benzene rings is 1. The minimum atomic E-state index is -3.36. The van der Waals surface area contributed by atoms with E-state index in [1.807, 2.05) is 6.92 Å². The fraction of sp³-hybridized carbons (Fsp3) is 0.588. The van der Waals surface area contributed by atoms with Crippen molar-refractivity contribution in [3.8, 4) is 11.5 Å². The fourth-order valence-corrected chi connectivity index (χ4v) is 4.63. The van der Waals surface area contributed by atoms with Crippen LogP contribution in [0.4, 0.5) is 0 Å². The number of piperidine rings is 1. The van der Waals surface area contributed by atoms with Crippen molar-refractivity contribution in [1.82, 2.24) is 9.62 Å². The van der Waals surface area contributed by atoms with E-state index in [2.05, 4.69) is 5.32 Å². The molecule has 1 amide bonds. The Kier molecular flexibility index (Phi) is 6.66. The van der Waals surface area contributed by atoms with E-state index in [1.165, 1.54) is 14.2 Å². The maximum absolute atomic E-state index is 12.4. The molecule has 0 aliphatic carbocycles. The zero-order valence-electron chi connectivity index (χ0n) is 14.9. The topological polar surface area (TPSA) is 84.9 Å². The molecule has 1 aliphatic rings. The molecule has 1 aromatic carbocycles. The molecule has 2 rings (SSSR count). The van der Waals surface area contributed by atoms with Crippen LogP contribution in [0.2, 0.25) is 0 Å². The Hall–Kier alpha value is -1.80. The van der Waals surface area contributed by atoms with Gasteiger partial charge in [-0.05, 0) is 38.0 Å². The highest BCUT2D eigenvalue weighted by molar-refractivity contribution is 7.89. The molecule has 140 valence electrons. The van der Waals surface area contributed by atoms with Gasteiger partial charge < -0.3 is 14.8 Å². The number of ether oxygens (including phenoxy) is 2. The SMILES string of the molecule is COc1ccc(C(=O)NCCS(=O)(=O)N2CCCC[C@H]2C)cc1OC. The lowest BCUT2D eigenvalue weighted by atomic mass is 10.1. The van der Waals surface area contributed by atoms with Gasteiger partial charge in [-0.2, -0.15) is 4.31 Å². The van der Waals surface area contributed by atoms with E-state index in [0.717, 1.165) is 19.3 Å². The van der Waals surface area contributed by atoms with Crippen LogP contribution in [0.25, 0.3) is 0 Å². The summed E-state index contributed by atoms with van der Waals surface area (Å²) in [5, 5.41) is 2.66. The van der Waals surface area contributed by atoms with E-state index in [1.54, 1.807) is 22.5 Å². The summed E-state index contributed by atoms with van der Waals surface area (Å²) in [7, 11) is -0.350. The Labute approximate surface area is 149 Å². The summed E-state index contributed by atoms with van der Waals surface area (Å²) in [5.74, 6) is 0.532. The molecular formula is C17H26N2O5S. The zero-order chi connectivity index (χ0) is 18.4. The molecule has 8 heteroatoms. The first-order chi connectivity index (χ1) is 11.9. The Morgan fingerprint density at radius 1 is 1.24 bits per heavy atom. The Morgan fingerprint density at radius 3 is 2.60 bits per heavy atom. The molecule has 0 aromatic heterocycles. The van der Waals surface area contributed by atoms with E-state index in [4.69, 9.17) is 9.47 Å². The normalized spacial score (nSPS) is 18.6. The minimum Gasteiger partial charge on any atom is -0.493 e. The van der Waals surface area contributed by atoms with Crippen LogP contribution in [-0.2, 0) is 10.0 Å². The van der Waals surface area contributed by atoms with Gasteiger partial charge in [-0.25, -0.2) is 8.42 Å². The van der Waals surface area contributed by atoms with Crippen molar-refractivity contribution in [2.75, 3.05) is 33.1 Å². The average Bonchev–Trinajstić information content (AvgIpc) is 2.61. The van der Waals surface area contributed by atoms with Crippen molar-refractivity contribution >= 4 is 15.9 Å². The number of carbonyl (C=O) groups is 1. The van der Waals surface area contributed by atoms with E-state index in [0.29, 0.717) is 23.6 Å². The van der Waals surface area contributed by atoms with Crippen molar-refractivity contribution in [3.63, 3.8) is 0 Å². The van der Waals surface area contributed by atoms with Gasteiger partial charge in [0, 0.05) is 24.7 Å². The van der Waals surface area contributed by atoms with Gasteiger partial charge in [0.1, 0.15) is 0 Å². The molecule has 1 aromatic rings. The first-order valence-corrected chi connectivity index (χ1v) is 9.99. The number of nitrogens with one attached hydrogen (secondary N) is 1. The monoisotopic (exact) mass is 370 g/mol. The number of sulfonamides is 1. The zero-order valence-corrected chi connectivity index (χ0v) is 15.8. The molecule has 1 N–H and O–H groups in total. The number of hydrogen-bond donors (Lipinski definition) is 1. The molecule has 25 heavy (non-hydrogen) atoms. The summed E-state index contributed by atoms with van der Waals surface area (Å²) in [6.45, 7) is 2.56. The molecule has 7 nitrogen and oxygen atoms in total. The average molecular weight is 370 g/mol. The summed E-state index contributed by atoms with van der Waals surface area (Å²) in [6.07, 6.45) is 2.84. The molecule has 1 atom stereocenters. The molecule has 1 aliphatic heterocycles. The number of carbonyl (C=O) groups excluding carboxylic acids is 1. The van der Waals surface area contributed by atoms with Crippen molar-refractivity contribution in [2.24, 2.45) is 0 Å². The highest BCUT2D eigenvalue weighted by Gasteiger charge is 2.29. The number of nitrogens with zero attached hydrogens (tertiary/aromatic N) is 1. The van der Waals surface area contributed by atoms with E-state index in [-0.39, 0.29) is 24.2 Å². The number of hydrogen-bond acceptors (Lipinski definition) is 5. The van der Waals surface area contributed by atoms with Gasteiger partial charge in [-0.1, -0.05) is 6.42 Å². The number of rotatable bonds is 7. The Morgan fingerprint density at radius 2 is 1.96 bits per heavy atom. The lowest BCUT2D eigenvalue weighted by molar-refractivity contribution is 0.0955. The summed E-state index contributed by atoms with van der Waals surface area (Å²) in [6, 6.07) is 4.84. The largest absolute Gasteiger partial charge is 0.493 e. The minimum absolute atomic E-state index is 0.0281. The van der Waals surface area contributed by atoms with Crippen molar-refractivity contribution in [3.05, 3.63) is 23.8 Å². The summed E-state index contributed by atoms with van der Waals surface area (Å²) < 4.78 is 36.7. The Balaban J connectivity index is 1.93. The molecule has 0 bridgehead atoms. The van der Waals surface area contributed by atoms with Crippen LogP contribution in [-0.4, -0.2) is 57.7 Å². The van der Waals surface area contributed by atoms with Gasteiger partial charge in [0.05, 0.1) is 20.0 Å². The number of methoxy groups -OCH3 is 2. The predicted octanol–water partition coefficient (Wildman–Crippen LogP) is 1.64. The van der Waals surface area contributed by atoms with Crippen molar-refractivity contribution < 1.29 is 22.7 Å². The predicted molar refractivity (Wildman–Crippen MR) is 95.7 cm³/mol. The summed E-state index contributed by atoms with van der Waals surface area (Å²) in [5.41, 5.74) is 0.390. The second kappa shape index (κ2) is 8.53. The lowest BCUT2D eigenvalue weighted by Crippen LogP contribution is -2.45. The molecule has 0 spiro atoms. The molecule has 1 heterocycles. The quantitative estimate of drug-likeness (QED) is 0.789. The van der Waals surface area contributed by atoms with Gasteiger partial charge in [0.2, 0.25) is 10.0 Å². The van der Waals surface area contributed by atoms with E-state index in [9.17, 15) is 13.2 Å². The highest BCUT2D eigenvalue weighted by atomic mass is 32.2. The molecule has 1 saturated heterocycles. The van der Waals surface area contributed by atoms with Gasteiger partial charge >= 0.3 is 0 Å². The van der Waals surface area contributed by atoms with Crippen molar-refractivity contribution in [1.29, 1.82) is 0 Å². The molecule has 0 radical (unpaired) electrons. The van der Waals surface area contributed by atoms with Gasteiger partial charge in [-0.15, -0.1) is 0 Å². The first kappa shape index (κ1) is 19.5. The van der Waals surface area contributed by atoms with Gasteiger partial charge in [-0.3, -0.25) is 4.79 Å². The van der Waals surface area contributed by atoms with Crippen LogP contribution >= 0.6 is 0 Å². The third kappa shape index (κ3) is 4.85. The second-order valence-corrected chi connectivity index (χ2v) is 8.14. The molecule has 0 unspecified atom stereocenters. The molecule has 1 fully saturated rings. The van der Waals surface area contributed by atoms with Crippen LogP contribution in [0.5, 0.6) is 11.5 Å². The summed E-state index contributed by atoms with van der Waals surface area (Å²) >= 11 is 0. The fourth-order valence-electron chi connectivity index (χ4n) is 2.98. The standard InChI is InChI=1S/C17H26N2O5S/c1-13-6-4-5-10-19(13)25(21,22)11-9-18-17(20)14-7-8-15(23-2)16(12-14)24-3/h7-8,12-13H,4-6,9-11H2,1-3H3,(H,18,20)/t13-/m1/s1. The van der Waals surface area contributed by atoms with Gasteiger partial charge in [0.25, 0.3) is 5.91 Å². The second-order valence-electron chi connectivity index (χ2n) is 6.10. The van der Waals surface area contributed by atoms with Crippen LogP contribution in [0, 0.1) is 0 Å². The lowest BCUT2D eigenvalue weighted by Gasteiger charge is -2.32. The van der Waals surface area contributed by atoms with Crippen molar-refractivity contribution in [2.45, 2.75) is 32.2 Å². The number of amides is 1. The van der Waals surface area contributed by atoms with E-state index >= 15 is 0 Å². The third-order valence-electron chi connectivity index (χ3n) is 4.39. The van der Waals surface area contributed by atoms with Crippen LogP contribution in [0.3, 0.4) is 0 Å². The van der Waals surface area contributed by atoms with Crippen LogP contribution < -0.4 is 14.8 Å². The maximum atomic E-state index is 12.4. The molecule has 0 saturated carbocycles. The smallest absolute Gasteiger partial charge is 0.251 e. The third-order valence-corrected chi connectivity index (χ3v) is 6.37. The Bertz CT molecular complexity index is 705. The molecular weight excluding hydrogens is 344 g/mol. The van der Waals surface area contributed by atoms with Gasteiger partial charge in [0.15, 0.2) is 11.5 Å². The van der Waals surface area contributed by atoms with Crippen LogP contribution in [0.15, 0.2) is 18.2 Å². The van der Waals surface area contributed by atoms with Crippen LogP contribution in [0.1, 0.15) is 36.5 Å². The summed E-state index contributed by atoms with van der Waals surface area (Å²) in [4.78, 5) is 12.2.